The summed E-state index contributed by atoms with van der Waals surface area (Å²) in [6.07, 6.45) is 0.479. The van der Waals surface area contributed by atoms with Crippen LogP contribution in [0, 0.1) is 0 Å². The summed E-state index contributed by atoms with van der Waals surface area (Å²) >= 11 is 1.13. The average Bonchev–Trinajstić information content (AvgIpc) is 2.78. The maximum Gasteiger partial charge on any atom is 0.332 e. The van der Waals surface area contributed by atoms with Crippen molar-refractivity contribution in [1.29, 1.82) is 0 Å². The van der Waals surface area contributed by atoms with Gasteiger partial charge in [-0.3, -0.25) is 18.7 Å². The van der Waals surface area contributed by atoms with Crippen molar-refractivity contribution in [3.8, 4) is 17.1 Å². The molecule has 0 fully saturated rings. The molecule has 0 saturated heterocycles. The predicted octanol–water partition coefficient (Wildman–Crippen LogP) is 1.75. The number of benzene rings is 1. The summed E-state index contributed by atoms with van der Waals surface area (Å²) in [4.78, 5) is 46.5. The molecule has 3 aromatic rings. The monoisotopic (exact) mass is 430 g/mol. The molecule has 2 heterocycles. The number of aryl methyl sites for hydroxylation is 1. The smallest absolute Gasteiger partial charge is 0.332 e. The standard InChI is InChI=1S/C20H22N4O5S/c1-6-13(19(26)29-5)30-17-14-16(23(2)20(27)24(3)18(14)25)21-15(22-17)11-7-9-12(28-4)10-8-11/h7-10,13H,6H2,1-5H3/t13-/m1/s1. The molecule has 30 heavy (non-hydrogen) atoms. The summed E-state index contributed by atoms with van der Waals surface area (Å²) in [5.74, 6) is 0.588. The third-order valence-electron chi connectivity index (χ3n) is 4.70. The van der Waals surface area contributed by atoms with Gasteiger partial charge in [-0.2, -0.15) is 0 Å². The van der Waals surface area contributed by atoms with E-state index in [1.165, 1.54) is 18.7 Å². The first-order valence-electron chi connectivity index (χ1n) is 9.19. The molecule has 1 atom stereocenters. The number of ether oxygens (including phenoxy) is 2. The van der Waals surface area contributed by atoms with Crippen LogP contribution in [0.2, 0.25) is 0 Å². The first-order chi connectivity index (χ1) is 14.3. The summed E-state index contributed by atoms with van der Waals surface area (Å²) in [5.41, 5.74) is -0.135. The molecule has 0 aliphatic carbocycles. The SMILES string of the molecule is CC[C@@H](Sc1nc(-c2ccc(OC)cc2)nc2c1c(=O)n(C)c(=O)n2C)C(=O)OC. The predicted molar refractivity (Wildman–Crippen MR) is 114 cm³/mol. The Bertz CT molecular complexity index is 1220. The normalized spacial score (nSPS) is 12.0. The molecule has 2 aromatic heterocycles. The van der Waals surface area contributed by atoms with Crippen LogP contribution in [-0.4, -0.2) is 44.5 Å². The Morgan fingerprint density at radius 2 is 1.77 bits per heavy atom. The first-order valence-corrected chi connectivity index (χ1v) is 10.1. The molecule has 0 saturated carbocycles. The van der Waals surface area contributed by atoms with Crippen molar-refractivity contribution in [1.82, 2.24) is 19.1 Å². The number of esters is 1. The fraction of sp³-hybridized carbons (Fsp3) is 0.350. The highest BCUT2D eigenvalue weighted by Crippen LogP contribution is 2.31. The lowest BCUT2D eigenvalue weighted by Gasteiger charge is -2.15. The van der Waals surface area contributed by atoms with Crippen LogP contribution in [0.5, 0.6) is 5.75 Å². The number of carbonyl (C=O) groups is 1. The zero-order valence-corrected chi connectivity index (χ0v) is 18.1. The molecule has 0 aliphatic rings. The van der Waals surface area contributed by atoms with Crippen LogP contribution in [-0.2, 0) is 23.6 Å². The average molecular weight is 430 g/mol. The summed E-state index contributed by atoms with van der Waals surface area (Å²) < 4.78 is 12.4. The van der Waals surface area contributed by atoms with Gasteiger partial charge < -0.3 is 9.47 Å². The number of nitrogens with zero attached hydrogens (tertiary/aromatic N) is 4. The quantitative estimate of drug-likeness (QED) is 0.331. The number of carbonyl (C=O) groups excluding carboxylic acids is 1. The highest BCUT2D eigenvalue weighted by atomic mass is 32.2. The molecule has 1 aromatic carbocycles. The third-order valence-corrected chi connectivity index (χ3v) is 6.03. The van der Waals surface area contributed by atoms with Crippen molar-refractivity contribution in [2.24, 2.45) is 14.1 Å². The Labute approximate surface area is 176 Å². The van der Waals surface area contributed by atoms with Gasteiger partial charge in [-0.1, -0.05) is 18.7 Å². The van der Waals surface area contributed by atoms with Gasteiger partial charge in [0.2, 0.25) is 0 Å². The number of methoxy groups -OCH3 is 2. The molecule has 9 nitrogen and oxygen atoms in total. The van der Waals surface area contributed by atoms with Gasteiger partial charge in [-0.25, -0.2) is 14.8 Å². The minimum Gasteiger partial charge on any atom is -0.497 e. The maximum atomic E-state index is 12.9. The van der Waals surface area contributed by atoms with E-state index in [0.717, 1.165) is 16.3 Å². The highest BCUT2D eigenvalue weighted by molar-refractivity contribution is 8.00. The largest absolute Gasteiger partial charge is 0.497 e. The van der Waals surface area contributed by atoms with Crippen molar-refractivity contribution >= 4 is 28.8 Å². The summed E-state index contributed by atoms with van der Waals surface area (Å²) in [7, 11) is 5.82. The number of thioether (sulfide) groups is 1. The van der Waals surface area contributed by atoms with Gasteiger partial charge in [0.05, 0.1) is 14.2 Å². The van der Waals surface area contributed by atoms with Crippen molar-refractivity contribution in [2.75, 3.05) is 14.2 Å². The van der Waals surface area contributed by atoms with Gasteiger partial charge in [0.15, 0.2) is 11.5 Å². The van der Waals surface area contributed by atoms with Crippen LogP contribution in [0.4, 0.5) is 0 Å². The second-order valence-electron chi connectivity index (χ2n) is 6.52. The van der Waals surface area contributed by atoms with E-state index in [1.54, 1.807) is 38.4 Å². The van der Waals surface area contributed by atoms with Crippen molar-refractivity contribution in [3.63, 3.8) is 0 Å². The second-order valence-corrected chi connectivity index (χ2v) is 7.71. The molecule has 0 spiro atoms. The van der Waals surface area contributed by atoms with Crippen molar-refractivity contribution < 1.29 is 14.3 Å². The Hall–Kier alpha value is -3.14. The molecule has 0 amide bonds. The fourth-order valence-electron chi connectivity index (χ4n) is 2.95. The van der Waals surface area contributed by atoms with Gasteiger partial charge >= 0.3 is 11.7 Å². The Balaban J connectivity index is 2.31. The van der Waals surface area contributed by atoms with Gasteiger partial charge in [-0.05, 0) is 30.7 Å². The molecular formula is C20H22N4O5S. The van der Waals surface area contributed by atoms with Crippen molar-refractivity contribution in [2.45, 2.75) is 23.6 Å². The van der Waals surface area contributed by atoms with E-state index in [0.29, 0.717) is 28.6 Å². The summed E-state index contributed by atoms with van der Waals surface area (Å²) in [6, 6.07) is 7.10. The molecule has 0 aliphatic heterocycles. The number of fused-ring (bicyclic) bond motifs is 1. The second kappa shape index (κ2) is 8.70. The zero-order chi connectivity index (χ0) is 22.0. The lowest BCUT2D eigenvalue weighted by atomic mass is 10.2. The van der Waals surface area contributed by atoms with Crippen LogP contribution in [0.15, 0.2) is 38.9 Å². The van der Waals surface area contributed by atoms with Crippen LogP contribution in [0.25, 0.3) is 22.4 Å². The lowest BCUT2D eigenvalue weighted by molar-refractivity contribution is -0.140. The van der Waals surface area contributed by atoms with E-state index in [2.05, 4.69) is 9.97 Å². The number of rotatable bonds is 6. The Morgan fingerprint density at radius 3 is 2.33 bits per heavy atom. The molecule has 0 bridgehead atoms. The molecule has 3 rings (SSSR count). The highest BCUT2D eigenvalue weighted by Gasteiger charge is 2.24. The molecular weight excluding hydrogens is 408 g/mol. The Morgan fingerprint density at radius 1 is 1.10 bits per heavy atom. The number of hydrogen-bond acceptors (Lipinski definition) is 8. The van der Waals surface area contributed by atoms with Gasteiger partial charge in [0.1, 0.15) is 21.4 Å². The van der Waals surface area contributed by atoms with E-state index < -0.39 is 22.5 Å². The molecule has 10 heteroatoms. The summed E-state index contributed by atoms with van der Waals surface area (Å²) in [5, 5.41) is -0.0535. The van der Waals surface area contributed by atoms with Crippen molar-refractivity contribution in [3.05, 3.63) is 45.1 Å². The Kier molecular flexibility index (Phi) is 6.25. The van der Waals surface area contributed by atoms with Crippen LogP contribution >= 0.6 is 11.8 Å². The topological polar surface area (TPSA) is 105 Å². The molecule has 0 N–H and O–H groups in total. The van der Waals surface area contributed by atoms with E-state index in [4.69, 9.17) is 9.47 Å². The molecule has 0 unspecified atom stereocenters. The lowest BCUT2D eigenvalue weighted by Crippen LogP contribution is -2.37. The maximum absolute atomic E-state index is 12.9. The third kappa shape index (κ3) is 3.82. The zero-order valence-electron chi connectivity index (χ0n) is 17.3. The van der Waals surface area contributed by atoms with Crippen LogP contribution in [0.1, 0.15) is 13.3 Å². The van der Waals surface area contributed by atoms with Gasteiger partial charge in [-0.15, -0.1) is 0 Å². The van der Waals surface area contributed by atoms with E-state index in [-0.39, 0.29) is 11.0 Å². The van der Waals surface area contributed by atoms with Crippen LogP contribution in [0.3, 0.4) is 0 Å². The minimum absolute atomic E-state index is 0.184. The van der Waals surface area contributed by atoms with Gasteiger partial charge in [0.25, 0.3) is 5.56 Å². The first kappa shape index (κ1) is 21.6. The molecule has 158 valence electrons. The van der Waals surface area contributed by atoms with E-state index in [9.17, 15) is 14.4 Å². The number of hydrogen-bond donors (Lipinski definition) is 0. The number of aromatic nitrogens is 4. The molecule has 0 radical (unpaired) electrons. The van der Waals surface area contributed by atoms with E-state index >= 15 is 0 Å². The minimum atomic E-state index is -0.557. The van der Waals surface area contributed by atoms with Crippen LogP contribution < -0.4 is 16.0 Å². The summed E-state index contributed by atoms with van der Waals surface area (Å²) in [6.45, 7) is 1.84. The van der Waals surface area contributed by atoms with Gasteiger partial charge in [0, 0.05) is 19.7 Å². The fourth-order valence-corrected chi connectivity index (χ4v) is 4.01. The van der Waals surface area contributed by atoms with E-state index in [1.807, 2.05) is 6.92 Å².